The normalized spacial score (nSPS) is 17.7. The molecule has 0 N–H and O–H groups in total. The molecule has 0 radical (unpaired) electrons. The van der Waals surface area contributed by atoms with E-state index in [0.717, 1.165) is 32.6 Å². The highest BCUT2D eigenvalue weighted by Crippen LogP contribution is 2.15. The molecule has 0 saturated carbocycles. The SMILES string of the molecule is Cc1cccc(CN(C(=O)CC[C@H](C)N2CCN(C)CC2)C(C)C)c1. The maximum Gasteiger partial charge on any atom is 0.223 e. The van der Waals surface area contributed by atoms with Crippen molar-refractivity contribution in [2.75, 3.05) is 33.2 Å². The molecule has 1 heterocycles. The second kappa shape index (κ2) is 9.35. The number of hydrogen-bond donors (Lipinski definition) is 0. The molecule has 1 aliphatic rings. The molecular formula is C21H35N3O. The molecule has 1 saturated heterocycles. The van der Waals surface area contributed by atoms with Gasteiger partial charge in [-0.15, -0.1) is 0 Å². The summed E-state index contributed by atoms with van der Waals surface area (Å²) in [6.07, 6.45) is 1.58. The van der Waals surface area contributed by atoms with Crippen molar-refractivity contribution >= 4 is 5.91 Å². The minimum Gasteiger partial charge on any atom is -0.336 e. The summed E-state index contributed by atoms with van der Waals surface area (Å²) in [6.45, 7) is 13.8. The van der Waals surface area contributed by atoms with E-state index in [9.17, 15) is 4.79 Å². The summed E-state index contributed by atoms with van der Waals surface area (Å²) in [5.41, 5.74) is 2.46. The first-order valence-corrected chi connectivity index (χ1v) is 9.64. The van der Waals surface area contributed by atoms with E-state index in [4.69, 9.17) is 0 Å². The lowest BCUT2D eigenvalue weighted by Gasteiger charge is -2.36. The van der Waals surface area contributed by atoms with Crippen LogP contribution >= 0.6 is 0 Å². The van der Waals surface area contributed by atoms with E-state index >= 15 is 0 Å². The molecule has 0 aromatic heterocycles. The van der Waals surface area contributed by atoms with Gasteiger partial charge in [0.1, 0.15) is 0 Å². The van der Waals surface area contributed by atoms with Crippen LogP contribution in [-0.4, -0.2) is 65.9 Å². The van der Waals surface area contributed by atoms with Gasteiger partial charge in [0.05, 0.1) is 0 Å². The first-order valence-electron chi connectivity index (χ1n) is 9.64. The molecule has 1 fully saturated rings. The van der Waals surface area contributed by atoms with Crippen molar-refractivity contribution in [3.8, 4) is 0 Å². The lowest BCUT2D eigenvalue weighted by Crippen LogP contribution is -2.48. The van der Waals surface area contributed by atoms with Gasteiger partial charge in [-0.1, -0.05) is 29.8 Å². The van der Waals surface area contributed by atoms with Crippen LogP contribution in [0.25, 0.3) is 0 Å². The first-order chi connectivity index (χ1) is 11.9. The third kappa shape index (κ3) is 6.12. The summed E-state index contributed by atoms with van der Waals surface area (Å²) in [6, 6.07) is 9.17. The van der Waals surface area contributed by atoms with Crippen LogP contribution in [-0.2, 0) is 11.3 Å². The molecule has 4 nitrogen and oxygen atoms in total. The molecule has 2 rings (SSSR count). The highest BCUT2D eigenvalue weighted by atomic mass is 16.2. The van der Waals surface area contributed by atoms with E-state index in [-0.39, 0.29) is 11.9 Å². The lowest BCUT2D eigenvalue weighted by molar-refractivity contribution is -0.134. The van der Waals surface area contributed by atoms with E-state index in [1.807, 2.05) is 4.90 Å². The van der Waals surface area contributed by atoms with Crippen LogP contribution in [0.5, 0.6) is 0 Å². The van der Waals surface area contributed by atoms with Crippen molar-refractivity contribution in [2.24, 2.45) is 0 Å². The maximum atomic E-state index is 12.8. The van der Waals surface area contributed by atoms with Crippen LogP contribution in [0.1, 0.15) is 44.7 Å². The van der Waals surface area contributed by atoms with Crippen molar-refractivity contribution in [2.45, 2.75) is 59.2 Å². The van der Waals surface area contributed by atoms with Gasteiger partial charge in [0.2, 0.25) is 5.91 Å². The Hall–Kier alpha value is -1.39. The number of aryl methyl sites for hydroxylation is 1. The topological polar surface area (TPSA) is 26.8 Å². The van der Waals surface area contributed by atoms with Crippen molar-refractivity contribution in [1.82, 2.24) is 14.7 Å². The van der Waals surface area contributed by atoms with Gasteiger partial charge >= 0.3 is 0 Å². The van der Waals surface area contributed by atoms with E-state index in [1.54, 1.807) is 0 Å². The Bertz CT molecular complexity index is 550. The minimum atomic E-state index is 0.229. The molecule has 1 aromatic rings. The van der Waals surface area contributed by atoms with Crippen molar-refractivity contribution in [3.05, 3.63) is 35.4 Å². The molecule has 1 amide bonds. The predicted molar refractivity (Wildman–Crippen MR) is 105 cm³/mol. The number of hydrogen-bond acceptors (Lipinski definition) is 3. The van der Waals surface area contributed by atoms with Crippen LogP contribution < -0.4 is 0 Å². The van der Waals surface area contributed by atoms with Gasteiger partial charge in [0.15, 0.2) is 0 Å². The molecule has 1 aliphatic heterocycles. The molecule has 0 unspecified atom stereocenters. The Morgan fingerprint density at radius 3 is 2.44 bits per heavy atom. The summed E-state index contributed by atoms with van der Waals surface area (Å²) in [5, 5.41) is 0. The van der Waals surface area contributed by atoms with Crippen LogP contribution in [0, 0.1) is 6.92 Å². The largest absolute Gasteiger partial charge is 0.336 e. The fourth-order valence-electron chi connectivity index (χ4n) is 3.49. The monoisotopic (exact) mass is 345 g/mol. The van der Waals surface area contributed by atoms with Crippen LogP contribution in [0.2, 0.25) is 0 Å². The van der Waals surface area contributed by atoms with Gasteiger partial charge in [-0.25, -0.2) is 0 Å². The maximum absolute atomic E-state index is 12.8. The van der Waals surface area contributed by atoms with Gasteiger partial charge in [0, 0.05) is 51.2 Å². The van der Waals surface area contributed by atoms with Crippen molar-refractivity contribution < 1.29 is 4.79 Å². The number of amides is 1. The summed E-state index contributed by atoms with van der Waals surface area (Å²) < 4.78 is 0. The number of likely N-dealkylation sites (N-methyl/N-ethyl adjacent to an activating group) is 1. The molecule has 140 valence electrons. The van der Waals surface area contributed by atoms with Gasteiger partial charge in [-0.3, -0.25) is 9.69 Å². The van der Waals surface area contributed by atoms with Crippen LogP contribution in [0.15, 0.2) is 24.3 Å². The zero-order valence-corrected chi connectivity index (χ0v) is 16.7. The summed E-state index contributed by atoms with van der Waals surface area (Å²) >= 11 is 0. The Morgan fingerprint density at radius 2 is 1.84 bits per heavy atom. The zero-order chi connectivity index (χ0) is 18.4. The van der Waals surface area contributed by atoms with Gasteiger partial charge < -0.3 is 9.80 Å². The molecular weight excluding hydrogens is 310 g/mol. The third-order valence-electron chi connectivity index (χ3n) is 5.32. The van der Waals surface area contributed by atoms with Crippen LogP contribution in [0.4, 0.5) is 0 Å². The van der Waals surface area contributed by atoms with E-state index in [0.29, 0.717) is 19.0 Å². The van der Waals surface area contributed by atoms with Gasteiger partial charge in [-0.05, 0) is 46.7 Å². The van der Waals surface area contributed by atoms with E-state index in [1.165, 1.54) is 11.1 Å². The molecule has 25 heavy (non-hydrogen) atoms. The smallest absolute Gasteiger partial charge is 0.223 e. The standard InChI is InChI=1S/C21H35N3O/c1-17(2)24(16-20-8-6-7-18(3)15-20)21(25)10-9-19(4)23-13-11-22(5)12-14-23/h6-8,15,17,19H,9-14,16H2,1-5H3/t19-/m0/s1. The third-order valence-corrected chi connectivity index (χ3v) is 5.32. The molecule has 0 bridgehead atoms. The summed E-state index contributed by atoms with van der Waals surface area (Å²) in [7, 11) is 2.18. The van der Waals surface area contributed by atoms with Crippen molar-refractivity contribution in [3.63, 3.8) is 0 Å². The van der Waals surface area contributed by atoms with Gasteiger partial charge in [-0.2, -0.15) is 0 Å². The second-order valence-corrected chi connectivity index (χ2v) is 7.83. The average Bonchev–Trinajstić information content (AvgIpc) is 2.57. The molecule has 0 aliphatic carbocycles. The summed E-state index contributed by atoms with van der Waals surface area (Å²) in [5.74, 6) is 0.275. The molecule has 4 heteroatoms. The molecule has 1 atom stereocenters. The Kier molecular flexibility index (Phi) is 7.45. The number of nitrogens with zero attached hydrogens (tertiary/aromatic N) is 3. The number of carbonyl (C=O) groups is 1. The molecule has 0 spiro atoms. The Balaban J connectivity index is 1.87. The van der Waals surface area contributed by atoms with Crippen LogP contribution in [0.3, 0.4) is 0 Å². The van der Waals surface area contributed by atoms with E-state index < -0.39 is 0 Å². The fourth-order valence-corrected chi connectivity index (χ4v) is 3.49. The lowest BCUT2D eigenvalue weighted by atomic mass is 10.1. The quantitative estimate of drug-likeness (QED) is 0.759. The number of carbonyl (C=O) groups excluding carboxylic acids is 1. The Morgan fingerprint density at radius 1 is 1.16 bits per heavy atom. The predicted octanol–water partition coefficient (Wildman–Crippen LogP) is 3.15. The van der Waals surface area contributed by atoms with E-state index in [2.05, 4.69) is 68.8 Å². The number of piperazine rings is 1. The second-order valence-electron chi connectivity index (χ2n) is 7.83. The Labute approximate surface area is 153 Å². The number of rotatable bonds is 7. The minimum absolute atomic E-state index is 0.229. The number of benzene rings is 1. The van der Waals surface area contributed by atoms with Gasteiger partial charge in [0.25, 0.3) is 0 Å². The highest BCUT2D eigenvalue weighted by Gasteiger charge is 2.22. The highest BCUT2D eigenvalue weighted by molar-refractivity contribution is 5.76. The first kappa shape index (κ1) is 19.9. The molecule has 1 aromatic carbocycles. The average molecular weight is 346 g/mol. The van der Waals surface area contributed by atoms with Crippen molar-refractivity contribution in [1.29, 1.82) is 0 Å². The zero-order valence-electron chi connectivity index (χ0n) is 16.7. The summed E-state index contributed by atoms with van der Waals surface area (Å²) in [4.78, 5) is 19.7. The fraction of sp³-hybridized carbons (Fsp3) is 0.667.